The Balaban J connectivity index is 4.06. The zero-order valence-corrected chi connectivity index (χ0v) is 29.9. The number of esters is 2. The summed E-state index contributed by atoms with van der Waals surface area (Å²) in [4.78, 5) is 42.6. The molecule has 0 aromatic heterocycles. The van der Waals surface area contributed by atoms with Crippen molar-refractivity contribution in [2.45, 2.75) is 161 Å². The molecule has 0 rings (SSSR count). The standard InChI is InChI=1S/C37H65O8P/c1-3-5-7-9-11-13-15-17-18-20-21-23-25-27-29-31-36(38)43-33-35(34-44-46(40,41)42)45-37(39)32-30-28-26-24-22-19-16-14-12-10-8-6-4-2/h5,7,11,13,17-18,21,23,35H,3-4,6,8-10,12,14-16,19-20,22,24-34H2,1-2H3,(H2,40,41,42)/b7-5+,13-11+,18-17+,23-21+/t35-/m1/s1. The topological polar surface area (TPSA) is 119 Å². The second-order valence-electron chi connectivity index (χ2n) is 11.8. The average Bonchev–Trinajstić information content (AvgIpc) is 3.02. The molecule has 0 aromatic rings. The van der Waals surface area contributed by atoms with E-state index < -0.39 is 32.5 Å². The lowest BCUT2D eigenvalue weighted by Crippen LogP contribution is -2.29. The molecule has 0 spiro atoms. The van der Waals surface area contributed by atoms with Crippen LogP contribution in [0.1, 0.15) is 155 Å². The quantitative estimate of drug-likeness (QED) is 0.0315. The molecule has 1 atom stereocenters. The largest absolute Gasteiger partial charge is 0.469 e. The highest BCUT2D eigenvalue weighted by Crippen LogP contribution is 2.36. The molecule has 46 heavy (non-hydrogen) atoms. The first kappa shape index (κ1) is 44.0. The second kappa shape index (κ2) is 32.9. The second-order valence-corrected chi connectivity index (χ2v) is 13.1. The molecule has 0 fully saturated rings. The van der Waals surface area contributed by atoms with E-state index in [4.69, 9.17) is 19.3 Å². The lowest BCUT2D eigenvalue weighted by molar-refractivity contribution is -0.161. The molecule has 0 aliphatic carbocycles. The van der Waals surface area contributed by atoms with Crippen molar-refractivity contribution < 1.29 is 37.9 Å². The molecule has 2 N–H and O–H groups in total. The monoisotopic (exact) mass is 668 g/mol. The van der Waals surface area contributed by atoms with Gasteiger partial charge in [0.25, 0.3) is 0 Å². The number of unbranched alkanes of at least 4 members (excludes halogenated alkanes) is 14. The van der Waals surface area contributed by atoms with Crippen molar-refractivity contribution in [3.05, 3.63) is 48.6 Å². The van der Waals surface area contributed by atoms with Gasteiger partial charge in [0, 0.05) is 12.8 Å². The van der Waals surface area contributed by atoms with Crippen LogP contribution in [0.15, 0.2) is 48.6 Å². The number of allylic oxidation sites excluding steroid dienone is 8. The van der Waals surface area contributed by atoms with Crippen molar-refractivity contribution in [3.63, 3.8) is 0 Å². The number of rotatable bonds is 32. The van der Waals surface area contributed by atoms with Crippen LogP contribution in [0.25, 0.3) is 0 Å². The van der Waals surface area contributed by atoms with Gasteiger partial charge in [0.05, 0.1) is 6.61 Å². The van der Waals surface area contributed by atoms with Crippen LogP contribution in [0.2, 0.25) is 0 Å². The minimum Gasteiger partial charge on any atom is -0.462 e. The summed E-state index contributed by atoms with van der Waals surface area (Å²) in [6.07, 6.45) is 38.3. The molecule has 0 aliphatic heterocycles. The van der Waals surface area contributed by atoms with Crippen molar-refractivity contribution in [2.75, 3.05) is 13.2 Å². The first-order valence-corrected chi connectivity index (χ1v) is 19.5. The van der Waals surface area contributed by atoms with Gasteiger partial charge in [-0.1, -0.05) is 140 Å². The van der Waals surface area contributed by atoms with Crippen molar-refractivity contribution >= 4 is 19.8 Å². The summed E-state index contributed by atoms with van der Waals surface area (Å²) in [6.45, 7) is 3.51. The summed E-state index contributed by atoms with van der Waals surface area (Å²) in [5, 5.41) is 0. The van der Waals surface area contributed by atoms with Crippen LogP contribution in [0.4, 0.5) is 0 Å². The third-order valence-corrected chi connectivity index (χ3v) is 7.85. The first-order chi connectivity index (χ1) is 22.3. The number of hydrogen-bond acceptors (Lipinski definition) is 6. The van der Waals surface area contributed by atoms with Gasteiger partial charge in [-0.15, -0.1) is 0 Å². The van der Waals surface area contributed by atoms with E-state index in [9.17, 15) is 14.2 Å². The van der Waals surface area contributed by atoms with Gasteiger partial charge in [0.15, 0.2) is 6.10 Å². The van der Waals surface area contributed by atoms with E-state index in [0.717, 1.165) is 57.8 Å². The number of carbonyl (C=O) groups is 2. The third kappa shape index (κ3) is 34.9. The number of phosphoric ester groups is 1. The van der Waals surface area contributed by atoms with Crippen molar-refractivity contribution in [1.29, 1.82) is 0 Å². The van der Waals surface area contributed by atoms with Crippen LogP contribution in [0, 0.1) is 0 Å². The van der Waals surface area contributed by atoms with Gasteiger partial charge in [0.2, 0.25) is 0 Å². The Bertz CT molecular complexity index is 890. The van der Waals surface area contributed by atoms with E-state index >= 15 is 0 Å². The molecule has 0 radical (unpaired) electrons. The minimum atomic E-state index is -4.76. The molecular formula is C37H65O8P. The Morgan fingerprint density at radius 2 is 1.04 bits per heavy atom. The fraction of sp³-hybridized carbons (Fsp3) is 0.730. The summed E-state index contributed by atoms with van der Waals surface area (Å²) in [5.41, 5.74) is 0. The van der Waals surface area contributed by atoms with Crippen molar-refractivity contribution in [1.82, 2.24) is 0 Å². The summed E-state index contributed by atoms with van der Waals surface area (Å²) in [6, 6.07) is 0. The van der Waals surface area contributed by atoms with Crippen LogP contribution < -0.4 is 0 Å². The number of carbonyl (C=O) groups excluding carboxylic acids is 2. The zero-order valence-electron chi connectivity index (χ0n) is 29.0. The third-order valence-electron chi connectivity index (χ3n) is 7.36. The molecule has 0 heterocycles. The molecule has 0 bridgehead atoms. The van der Waals surface area contributed by atoms with Crippen LogP contribution in [0.3, 0.4) is 0 Å². The molecule has 8 nitrogen and oxygen atoms in total. The van der Waals surface area contributed by atoms with Gasteiger partial charge in [-0.3, -0.25) is 14.1 Å². The van der Waals surface area contributed by atoms with Crippen LogP contribution in [0.5, 0.6) is 0 Å². The molecular weight excluding hydrogens is 603 g/mol. The van der Waals surface area contributed by atoms with Gasteiger partial charge < -0.3 is 19.3 Å². The average molecular weight is 669 g/mol. The van der Waals surface area contributed by atoms with Crippen molar-refractivity contribution in [2.24, 2.45) is 0 Å². The van der Waals surface area contributed by atoms with Crippen LogP contribution in [-0.4, -0.2) is 41.0 Å². The fourth-order valence-electron chi connectivity index (χ4n) is 4.72. The van der Waals surface area contributed by atoms with E-state index in [2.05, 4.69) is 67.0 Å². The normalized spacial score (nSPS) is 13.0. The van der Waals surface area contributed by atoms with E-state index in [1.54, 1.807) is 0 Å². The molecule has 266 valence electrons. The maximum atomic E-state index is 12.3. The van der Waals surface area contributed by atoms with Gasteiger partial charge in [0.1, 0.15) is 6.61 Å². The molecule has 0 aromatic carbocycles. The minimum absolute atomic E-state index is 0.204. The van der Waals surface area contributed by atoms with Crippen LogP contribution >= 0.6 is 7.82 Å². The van der Waals surface area contributed by atoms with E-state index in [1.165, 1.54) is 57.8 Å². The molecule has 0 aliphatic rings. The SMILES string of the molecule is CC/C=C/C/C=C/C/C=C/C/C=C/CCCCC(=O)OC[C@H](COP(=O)(O)O)OC(=O)CCCCCCCCCCCCCCC. The van der Waals surface area contributed by atoms with Gasteiger partial charge in [-0.2, -0.15) is 0 Å². The summed E-state index contributed by atoms with van der Waals surface area (Å²) in [5.74, 6) is -0.935. The molecule has 0 amide bonds. The Labute approximate surface area is 280 Å². The summed E-state index contributed by atoms with van der Waals surface area (Å²) in [7, 11) is -4.76. The summed E-state index contributed by atoms with van der Waals surface area (Å²) < 4.78 is 26.2. The Kier molecular flexibility index (Phi) is 31.5. The van der Waals surface area contributed by atoms with Crippen LogP contribution in [-0.2, 0) is 28.2 Å². The molecule has 0 saturated carbocycles. The number of hydrogen-bond donors (Lipinski definition) is 2. The lowest BCUT2D eigenvalue weighted by Gasteiger charge is -2.18. The predicted molar refractivity (Wildman–Crippen MR) is 188 cm³/mol. The Morgan fingerprint density at radius 3 is 1.57 bits per heavy atom. The number of ether oxygens (including phenoxy) is 2. The molecule has 0 unspecified atom stereocenters. The smallest absolute Gasteiger partial charge is 0.462 e. The zero-order chi connectivity index (χ0) is 34.0. The van der Waals surface area contributed by atoms with Crippen molar-refractivity contribution in [3.8, 4) is 0 Å². The highest BCUT2D eigenvalue weighted by molar-refractivity contribution is 7.46. The van der Waals surface area contributed by atoms with Gasteiger partial charge in [-0.05, 0) is 51.4 Å². The summed E-state index contributed by atoms with van der Waals surface area (Å²) >= 11 is 0. The molecule has 9 heteroatoms. The Morgan fingerprint density at radius 1 is 0.587 bits per heavy atom. The fourth-order valence-corrected chi connectivity index (χ4v) is 5.08. The highest BCUT2D eigenvalue weighted by atomic mass is 31.2. The number of phosphoric acid groups is 1. The molecule has 0 saturated heterocycles. The highest BCUT2D eigenvalue weighted by Gasteiger charge is 2.22. The van der Waals surface area contributed by atoms with Gasteiger partial charge >= 0.3 is 19.8 Å². The Hall–Kier alpha value is -1.99. The van der Waals surface area contributed by atoms with Gasteiger partial charge in [-0.25, -0.2) is 4.57 Å². The van der Waals surface area contributed by atoms with E-state index in [1.807, 2.05) is 0 Å². The maximum absolute atomic E-state index is 12.3. The maximum Gasteiger partial charge on any atom is 0.469 e. The van der Waals surface area contributed by atoms with E-state index in [-0.39, 0.29) is 19.4 Å². The predicted octanol–water partition coefficient (Wildman–Crippen LogP) is 10.4. The first-order valence-electron chi connectivity index (χ1n) is 17.9. The lowest BCUT2D eigenvalue weighted by atomic mass is 10.0. The van der Waals surface area contributed by atoms with E-state index in [0.29, 0.717) is 12.8 Å².